The minimum atomic E-state index is 0.00755. The van der Waals surface area contributed by atoms with Gasteiger partial charge in [-0.05, 0) is 69.1 Å². The molecule has 4 heterocycles. The van der Waals surface area contributed by atoms with E-state index in [-0.39, 0.29) is 11.1 Å². The second kappa shape index (κ2) is 12.6. The number of hydrogen-bond donors (Lipinski definition) is 2. The highest BCUT2D eigenvalue weighted by Crippen LogP contribution is 2.41. The Balaban J connectivity index is 0.000000148. The molecule has 9 nitrogen and oxygen atoms in total. The number of fused-ring (bicyclic) bond motifs is 2. The summed E-state index contributed by atoms with van der Waals surface area (Å²) in [5.74, 6) is 2.75. The van der Waals surface area contributed by atoms with Gasteiger partial charge >= 0.3 is 0 Å². The van der Waals surface area contributed by atoms with Crippen LogP contribution in [0.2, 0.25) is 0 Å². The number of ether oxygens (including phenoxy) is 1. The van der Waals surface area contributed by atoms with Crippen LogP contribution in [-0.2, 0) is 37.2 Å². The van der Waals surface area contributed by atoms with Crippen molar-refractivity contribution in [1.82, 2.24) is 29.9 Å². The molecule has 0 unspecified atom stereocenters. The molecule has 1 saturated carbocycles. The van der Waals surface area contributed by atoms with Crippen LogP contribution in [0, 0.1) is 0 Å². The largest absolute Gasteiger partial charge is 0.481 e. The van der Waals surface area contributed by atoms with E-state index in [9.17, 15) is 9.59 Å². The standard InChI is InChI=1S/C16H17N3OS.C14H15N3O2S/c20-15-12-4-1-5-13(12)18-16(19-15)21-9-11-3-2-8-17-14(11)10-6-7-10;1-19-13-9(4-3-7-15-13)8-20-14-16-11-6-2-5-10(11)12(18)17-14/h2-3,8,10H,1,4-7,9H2,(H,18,19,20);3-4,7H,2,5-6,8H2,1H3,(H,16,17,18). The molecular formula is C30H32N6O3S2. The molecule has 3 aliphatic rings. The van der Waals surface area contributed by atoms with Crippen molar-refractivity contribution >= 4 is 23.5 Å². The van der Waals surface area contributed by atoms with Crippen LogP contribution in [0.4, 0.5) is 0 Å². The summed E-state index contributed by atoms with van der Waals surface area (Å²) in [5, 5.41) is 1.41. The number of H-pyrrole nitrogens is 2. The van der Waals surface area contributed by atoms with Crippen LogP contribution in [0.1, 0.15) is 70.9 Å². The van der Waals surface area contributed by atoms with Crippen molar-refractivity contribution in [2.45, 2.75) is 79.1 Å². The molecule has 7 rings (SSSR count). The van der Waals surface area contributed by atoms with E-state index in [2.05, 4.69) is 36.0 Å². The van der Waals surface area contributed by atoms with Gasteiger partial charge < -0.3 is 14.7 Å². The molecule has 0 aromatic carbocycles. The lowest BCUT2D eigenvalue weighted by Gasteiger charge is -2.07. The van der Waals surface area contributed by atoms with Crippen molar-refractivity contribution in [2.24, 2.45) is 0 Å². The average molecular weight is 589 g/mol. The first-order valence-corrected chi connectivity index (χ1v) is 16.0. The Bertz CT molecular complexity index is 1670. The lowest BCUT2D eigenvalue weighted by Crippen LogP contribution is -2.14. The van der Waals surface area contributed by atoms with Crippen molar-refractivity contribution in [3.63, 3.8) is 0 Å². The summed E-state index contributed by atoms with van der Waals surface area (Å²) >= 11 is 3.10. The molecule has 0 spiro atoms. The van der Waals surface area contributed by atoms with Crippen molar-refractivity contribution < 1.29 is 4.74 Å². The lowest BCUT2D eigenvalue weighted by atomic mass is 10.1. The molecule has 41 heavy (non-hydrogen) atoms. The average Bonchev–Trinajstić information content (AvgIpc) is 3.52. The molecule has 4 aromatic rings. The van der Waals surface area contributed by atoms with Gasteiger partial charge in [-0.2, -0.15) is 0 Å². The minimum Gasteiger partial charge on any atom is -0.481 e. The number of aryl methyl sites for hydroxylation is 2. The fourth-order valence-electron chi connectivity index (χ4n) is 5.28. The van der Waals surface area contributed by atoms with Crippen molar-refractivity contribution in [3.8, 4) is 5.88 Å². The maximum atomic E-state index is 12.0. The monoisotopic (exact) mass is 588 g/mol. The molecule has 11 heteroatoms. The van der Waals surface area contributed by atoms with E-state index >= 15 is 0 Å². The number of nitrogens with one attached hydrogen (secondary N) is 2. The fraction of sp³-hybridized carbons (Fsp3) is 0.400. The van der Waals surface area contributed by atoms with Gasteiger partial charge in [-0.3, -0.25) is 14.6 Å². The number of rotatable bonds is 8. The third-order valence-corrected chi connectivity index (χ3v) is 9.35. The molecule has 0 bridgehead atoms. The zero-order valence-electron chi connectivity index (χ0n) is 22.9. The van der Waals surface area contributed by atoms with Gasteiger partial charge in [-0.25, -0.2) is 15.0 Å². The van der Waals surface area contributed by atoms with Crippen LogP contribution in [-0.4, -0.2) is 37.0 Å². The fourth-order valence-corrected chi connectivity index (χ4v) is 7.01. The van der Waals surface area contributed by atoms with E-state index in [0.717, 1.165) is 77.5 Å². The maximum Gasteiger partial charge on any atom is 0.254 e. The Kier molecular flexibility index (Phi) is 8.52. The number of hydrogen-bond acceptors (Lipinski definition) is 9. The summed E-state index contributed by atoms with van der Waals surface area (Å²) in [4.78, 5) is 47.5. The van der Waals surface area contributed by atoms with Crippen LogP contribution in [0.25, 0.3) is 0 Å². The van der Waals surface area contributed by atoms with Crippen LogP contribution in [0.3, 0.4) is 0 Å². The Hall–Kier alpha value is -3.44. The second-order valence-electron chi connectivity index (χ2n) is 10.4. The zero-order valence-corrected chi connectivity index (χ0v) is 24.6. The predicted molar refractivity (Wildman–Crippen MR) is 160 cm³/mol. The quantitative estimate of drug-likeness (QED) is 0.221. The molecule has 0 saturated heterocycles. The molecule has 2 N–H and O–H groups in total. The number of aromatic nitrogens is 6. The first kappa shape index (κ1) is 27.7. The molecule has 212 valence electrons. The van der Waals surface area contributed by atoms with Gasteiger partial charge in [0.05, 0.1) is 18.5 Å². The van der Waals surface area contributed by atoms with Crippen molar-refractivity contribution in [3.05, 3.63) is 96.7 Å². The minimum absolute atomic E-state index is 0.00755. The van der Waals surface area contributed by atoms with Gasteiger partial charge in [0.15, 0.2) is 10.3 Å². The van der Waals surface area contributed by atoms with Crippen molar-refractivity contribution in [1.29, 1.82) is 0 Å². The zero-order chi connectivity index (χ0) is 28.2. The predicted octanol–water partition coefficient (Wildman–Crippen LogP) is 4.78. The van der Waals surface area contributed by atoms with E-state index in [1.807, 2.05) is 24.4 Å². The summed E-state index contributed by atoms with van der Waals surface area (Å²) in [7, 11) is 1.60. The molecule has 0 radical (unpaired) electrons. The smallest absolute Gasteiger partial charge is 0.254 e. The summed E-state index contributed by atoms with van der Waals surface area (Å²) < 4.78 is 5.21. The summed E-state index contributed by atoms with van der Waals surface area (Å²) in [6.07, 6.45) is 11.7. The van der Waals surface area contributed by atoms with Crippen LogP contribution < -0.4 is 15.9 Å². The van der Waals surface area contributed by atoms with Gasteiger partial charge in [0.2, 0.25) is 5.88 Å². The van der Waals surface area contributed by atoms with Gasteiger partial charge in [-0.15, -0.1) is 0 Å². The second-order valence-corrected chi connectivity index (χ2v) is 12.3. The Morgan fingerprint density at radius 3 is 1.95 bits per heavy atom. The van der Waals surface area contributed by atoms with Gasteiger partial charge in [0.25, 0.3) is 11.1 Å². The highest BCUT2D eigenvalue weighted by molar-refractivity contribution is 7.98. The van der Waals surface area contributed by atoms with Crippen LogP contribution >= 0.6 is 23.5 Å². The van der Waals surface area contributed by atoms with Gasteiger partial charge in [0, 0.05) is 52.2 Å². The van der Waals surface area contributed by atoms with Gasteiger partial charge in [0.1, 0.15) is 0 Å². The molecule has 3 aliphatic carbocycles. The summed E-state index contributed by atoms with van der Waals surface area (Å²) in [5.41, 5.74) is 7.24. The molecule has 0 aliphatic heterocycles. The Labute approximate surface area is 246 Å². The number of thioether (sulfide) groups is 2. The van der Waals surface area contributed by atoms with E-state index < -0.39 is 0 Å². The van der Waals surface area contributed by atoms with E-state index in [1.54, 1.807) is 25.1 Å². The number of aromatic amines is 2. The maximum absolute atomic E-state index is 12.0. The molecular weight excluding hydrogens is 557 g/mol. The van der Waals surface area contributed by atoms with E-state index in [0.29, 0.717) is 22.7 Å². The highest BCUT2D eigenvalue weighted by atomic mass is 32.2. The van der Waals surface area contributed by atoms with E-state index in [1.165, 1.54) is 35.9 Å². The Morgan fingerprint density at radius 1 is 0.805 bits per heavy atom. The molecule has 0 atom stereocenters. The molecule has 1 fully saturated rings. The van der Waals surface area contributed by atoms with E-state index in [4.69, 9.17) is 4.74 Å². The summed E-state index contributed by atoms with van der Waals surface area (Å²) in [6.45, 7) is 0. The van der Waals surface area contributed by atoms with Crippen LogP contribution in [0.15, 0.2) is 56.6 Å². The Morgan fingerprint density at radius 2 is 1.37 bits per heavy atom. The van der Waals surface area contributed by atoms with Gasteiger partial charge in [-0.1, -0.05) is 35.7 Å². The SMILES string of the molecule is COc1ncccc1CSc1nc2c(c(=O)[nH]1)CCC2.O=c1[nH]c(SCc2cccnc2C2CC2)nc2c1CCC2. The number of pyridine rings is 2. The first-order valence-electron chi connectivity index (χ1n) is 14.0. The molecule has 4 aromatic heterocycles. The summed E-state index contributed by atoms with van der Waals surface area (Å²) in [6, 6.07) is 7.96. The third-order valence-electron chi connectivity index (χ3n) is 7.50. The number of nitrogens with zero attached hydrogens (tertiary/aromatic N) is 4. The topological polar surface area (TPSA) is 127 Å². The lowest BCUT2D eigenvalue weighted by molar-refractivity contribution is 0.394. The highest BCUT2D eigenvalue weighted by Gasteiger charge is 2.27. The first-order chi connectivity index (χ1) is 20.1. The third kappa shape index (κ3) is 6.56. The van der Waals surface area contributed by atoms with Crippen molar-refractivity contribution in [2.75, 3.05) is 7.11 Å². The molecule has 0 amide bonds. The van der Waals surface area contributed by atoms with Crippen LogP contribution in [0.5, 0.6) is 5.88 Å². The number of methoxy groups -OCH3 is 1. The normalized spacial score (nSPS) is 15.1.